The minimum absolute atomic E-state index is 0.0608. The maximum absolute atomic E-state index is 13.2. The van der Waals surface area contributed by atoms with Crippen molar-refractivity contribution in [1.82, 2.24) is 20.1 Å². The van der Waals surface area contributed by atoms with Crippen molar-refractivity contribution in [2.45, 2.75) is 13.3 Å². The predicted molar refractivity (Wildman–Crippen MR) is 135 cm³/mol. The number of carbonyl (C=O) groups excluding carboxylic acids is 2. The molecule has 0 spiro atoms. The lowest BCUT2D eigenvalue weighted by Crippen LogP contribution is -2.26. The number of nitriles is 1. The van der Waals surface area contributed by atoms with Gasteiger partial charge in [-0.05, 0) is 37.6 Å². The number of ketones is 1. The number of aromatic nitrogens is 3. The number of amides is 1. The normalized spacial score (nSPS) is 10.5. The molecule has 4 rings (SSSR count). The molecule has 35 heavy (non-hydrogen) atoms. The molecular formula is C25H21ClN6O2S. The van der Waals surface area contributed by atoms with Gasteiger partial charge in [0.1, 0.15) is 23.1 Å². The van der Waals surface area contributed by atoms with Crippen LogP contribution in [0.4, 0.5) is 5.82 Å². The number of carbonyl (C=O) groups is 2. The van der Waals surface area contributed by atoms with Crippen molar-refractivity contribution in [2.75, 3.05) is 18.4 Å². The summed E-state index contributed by atoms with van der Waals surface area (Å²) in [7, 11) is 0. The number of thiazole rings is 1. The van der Waals surface area contributed by atoms with Crippen LogP contribution < -0.4 is 10.6 Å². The second kappa shape index (κ2) is 11.0. The fourth-order valence-corrected chi connectivity index (χ4v) is 4.03. The van der Waals surface area contributed by atoms with Gasteiger partial charge in [-0.15, -0.1) is 11.3 Å². The lowest BCUT2D eigenvalue weighted by Gasteiger charge is -2.11. The molecule has 0 radical (unpaired) electrons. The van der Waals surface area contributed by atoms with Gasteiger partial charge in [0.05, 0.1) is 11.2 Å². The van der Waals surface area contributed by atoms with E-state index in [-0.39, 0.29) is 22.9 Å². The highest BCUT2D eigenvalue weighted by atomic mass is 35.5. The van der Waals surface area contributed by atoms with E-state index in [1.54, 1.807) is 47.3 Å². The molecule has 0 fully saturated rings. The van der Waals surface area contributed by atoms with Gasteiger partial charge in [-0.3, -0.25) is 9.59 Å². The number of halogens is 1. The molecule has 2 heterocycles. The molecule has 0 bridgehead atoms. The van der Waals surface area contributed by atoms with E-state index in [1.165, 1.54) is 16.0 Å². The van der Waals surface area contributed by atoms with E-state index in [0.717, 1.165) is 5.56 Å². The molecule has 0 aliphatic heterocycles. The van der Waals surface area contributed by atoms with Crippen LogP contribution in [0.2, 0.25) is 5.02 Å². The number of aryl methyl sites for hydroxylation is 1. The van der Waals surface area contributed by atoms with E-state index in [9.17, 15) is 14.9 Å². The molecular weight excluding hydrogens is 484 g/mol. The molecule has 176 valence electrons. The quantitative estimate of drug-likeness (QED) is 0.254. The molecule has 2 aromatic heterocycles. The number of nitrogens with zero attached hydrogens (tertiary/aromatic N) is 4. The van der Waals surface area contributed by atoms with Crippen LogP contribution in [-0.4, -0.2) is 39.5 Å². The fourth-order valence-electron chi connectivity index (χ4n) is 3.37. The van der Waals surface area contributed by atoms with Crippen molar-refractivity contribution in [3.63, 3.8) is 0 Å². The molecule has 8 nitrogen and oxygen atoms in total. The van der Waals surface area contributed by atoms with Crippen LogP contribution in [0, 0.1) is 18.3 Å². The number of nitrogens with one attached hydrogen (secondary N) is 2. The molecule has 1 amide bonds. The Kier molecular flexibility index (Phi) is 7.55. The van der Waals surface area contributed by atoms with Gasteiger partial charge >= 0.3 is 0 Å². The van der Waals surface area contributed by atoms with Gasteiger partial charge in [-0.1, -0.05) is 41.4 Å². The summed E-state index contributed by atoms with van der Waals surface area (Å²) in [5.74, 6) is -0.176. The van der Waals surface area contributed by atoms with Crippen molar-refractivity contribution in [2.24, 2.45) is 0 Å². The highest BCUT2D eigenvalue weighted by molar-refractivity contribution is 7.07. The SMILES string of the molecule is Cc1ccc(C(=O)c2nn(-c3ccc(Cl)cc3)c(NCCCNC(=O)c3cscn3)c2C#N)cc1. The minimum atomic E-state index is -0.340. The summed E-state index contributed by atoms with van der Waals surface area (Å²) in [5, 5.41) is 22.7. The molecule has 4 aromatic rings. The number of hydrogen-bond donors (Lipinski definition) is 2. The molecule has 2 N–H and O–H groups in total. The lowest BCUT2D eigenvalue weighted by atomic mass is 10.0. The monoisotopic (exact) mass is 504 g/mol. The summed E-state index contributed by atoms with van der Waals surface area (Å²) >= 11 is 7.39. The van der Waals surface area contributed by atoms with Crippen LogP contribution >= 0.6 is 22.9 Å². The van der Waals surface area contributed by atoms with E-state index < -0.39 is 0 Å². The van der Waals surface area contributed by atoms with Crippen LogP contribution in [0.25, 0.3) is 5.69 Å². The van der Waals surface area contributed by atoms with Gasteiger partial charge in [0, 0.05) is 29.1 Å². The average Bonchev–Trinajstić information content (AvgIpc) is 3.53. The van der Waals surface area contributed by atoms with E-state index in [0.29, 0.717) is 47.3 Å². The second-order valence-corrected chi connectivity index (χ2v) is 8.83. The number of rotatable bonds is 9. The van der Waals surface area contributed by atoms with Crippen molar-refractivity contribution in [1.29, 1.82) is 5.26 Å². The summed E-state index contributed by atoms with van der Waals surface area (Å²) < 4.78 is 1.53. The van der Waals surface area contributed by atoms with E-state index in [1.807, 2.05) is 19.1 Å². The Hall–Kier alpha value is -4.00. The van der Waals surface area contributed by atoms with Crippen LogP contribution in [-0.2, 0) is 0 Å². The maximum atomic E-state index is 13.2. The number of anilines is 1. The third-order valence-electron chi connectivity index (χ3n) is 5.19. The predicted octanol–water partition coefficient (Wildman–Crippen LogP) is 4.63. The third-order valence-corrected chi connectivity index (χ3v) is 6.03. The Balaban J connectivity index is 1.57. The first-order valence-corrected chi connectivity index (χ1v) is 12.1. The maximum Gasteiger partial charge on any atom is 0.270 e. The minimum Gasteiger partial charge on any atom is -0.369 e. The van der Waals surface area contributed by atoms with Crippen LogP contribution in [0.15, 0.2) is 59.4 Å². The standard InChI is InChI=1S/C25H21ClN6O2S/c1-16-3-5-17(6-4-16)23(33)22-20(13-27)24(32(31-22)19-9-7-18(26)8-10-19)28-11-2-12-29-25(34)21-14-35-15-30-21/h3-10,14-15,28H,2,11-12H2,1H3,(H,29,34). The zero-order chi connectivity index (χ0) is 24.8. The Labute approximate surface area is 211 Å². The van der Waals surface area contributed by atoms with E-state index >= 15 is 0 Å². The molecule has 0 saturated heterocycles. The zero-order valence-electron chi connectivity index (χ0n) is 18.8. The topological polar surface area (TPSA) is 113 Å². The summed E-state index contributed by atoms with van der Waals surface area (Å²) in [6.07, 6.45) is 0.577. The van der Waals surface area contributed by atoms with E-state index in [4.69, 9.17) is 11.6 Å². The average molecular weight is 505 g/mol. The van der Waals surface area contributed by atoms with Gasteiger partial charge in [0.25, 0.3) is 5.91 Å². The van der Waals surface area contributed by atoms with Gasteiger partial charge in [-0.25, -0.2) is 9.67 Å². The van der Waals surface area contributed by atoms with Gasteiger partial charge in [0.15, 0.2) is 5.69 Å². The lowest BCUT2D eigenvalue weighted by molar-refractivity contribution is 0.0948. The summed E-state index contributed by atoms with van der Waals surface area (Å²) in [5.41, 5.74) is 4.32. The molecule has 0 unspecified atom stereocenters. The first kappa shape index (κ1) is 24.1. The van der Waals surface area contributed by atoms with Crippen molar-refractivity contribution in [3.05, 3.63) is 92.5 Å². The molecule has 0 atom stereocenters. The third kappa shape index (κ3) is 5.57. The molecule has 2 aromatic carbocycles. The molecule has 0 aliphatic rings. The zero-order valence-corrected chi connectivity index (χ0v) is 20.4. The first-order chi connectivity index (χ1) is 17.0. The summed E-state index contributed by atoms with van der Waals surface area (Å²) in [6.45, 7) is 2.78. The second-order valence-electron chi connectivity index (χ2n) is 7.68. The summed E-state index contributed by atoms with van der Waals surface area (Å²) in [4.78, 5) is 29.3. The van der Waals surface area contributed by atoms with Crippen molar-refractivity contribution >= 4 is 40.4 Å². The molecule has 0 aliphatic carbocycles. The molecule has 0 saturated carbocycles. The van der Waals surface area contributed by atoms with Gasteiger partial charge in [-0.2, -0.15) is 10.4 Å². The van der Waals surface area contributed by atoms with E-state index in [2.05, 4.69) is 26.8 Å². The van der Waals surface area contributed by atoms with Gasteiger partial charge in [0.2, 0.25) is 5.78 Å². The van der Waals surface area contributed by atoms with Crippen LogP contribution in [0.3, 0.4) is 0 Å². The number of hydrogen-bond acceptors (Lipinski definition) is 7. The van der Waals surface area contributed by atoms with Crippen molar-refractivity contribution < 1.29 is 9.59 Å². The van der Waals surface area contributed by atoms with Crippen molar-refractivity contribution in [3.8, 4) is 11.8 Å². The Bertz CT molecular complexity index is 1370. The number of benzene rings is 2. The molecule has 10 heteroatoms. The Morgan fingerprint density at radius 1 is 1.11 bits per heavy atom. The largest absolute Gasteiger partial charge is 0.369 e. The van der Waals surface area contributed by atoms with Gasteiger partial charge < -0.3 is 10.6 Å². The fraction of sp³-hybridized carbons (Fsp3) is 0.160. The van der Waals surface area contributed by atoms with Crippen LogP contribution in [0.5, 0.6) is 0 Å². The van der Waals surface area contributed by atoms with Crippen LogP contribution in [0.1, 0.15) is 44.1 Å². The smallest absolute Gasteiger partial charge is 0.270 e. The summed E-state index contributed by atoms with van der Waals surface area (Å²) in [6, 6.07) is 16.2. The Morgan fingerprint density at radius 3 is 2.51 bits per heavy atom. The first-order valence-electron chi connectivity index (χ1n) is 10.8. The highest BCUT2D eigenvalue weighted by Gasteiger charge is 2.25. The Morgan fingerprint density at radius 2 is 1.86 bits per heavy atom. The highest BCUT2D eigenvalue weighted by Crippen LogP contribution is 2.26.